The third-order valence-electron chi connectivity index (χ3n) is 4.92. The van der Waals surface area contributed by atoms with Gasteiger partial charge in [0.25, 0.3) is 0 Å². The van der Waals surface area contributed by atoms with Crippen molar-refractivity contribution in [3.05, 3.63) is 29.8 Å². The van der Waals surface area contributed by atoms with E-state index >= 15 is 0 Å². The van der Waals surface area contributed by atoms with Crippen molar-refractivity contribution in [2.75, 3.05) is 38.5 Å². The SMILES string of the molecule is CCNC(=NCC(=O)N1CCCC1)NCCS(=O)(=O)c1ccc(C(C)(C)C)cc1. The molecule has 0 radical (unpaired) electrons. The molecule has 0 bridgehead atoms. The lowest BCUT2D eigenvalue weighted by molar-refractivity contribution is -0.128. The average Bonchev–Trinajstić information content (AvgIpc) is 3.20. The summed E-state index contributed by atoms with van der Waals surface area (Å²) >= 11 is 0. The fourth-order valence-corrected chi connectivity index (χ4v) is 4.30. The van der Waals surface area contributed by atoms with Crippen LogP contribution in [0.15, 0.2) is 34.2 Å². The van der Waals surface area contributed by atoms with Crippen LogP contribution in [-0.4, -0.2) is 63.7 Å². The first-order valence-electron chi connectivity index (χ1n) is 10.3. The second kappa shape index (κ2) is 10.1. The number of carbonyl (C=O) groups is 1. The number of likely N-dealkylation sites (tertiary alicyclic amines) is 1. The lowest BCUT2D eigenvalue weighted by atomic mass is 9.87. The molecule has 1 heterocycles. The molecule has 29 heavy (non-hydrogen) atoms. The number of guanidine groups is 1. The number of carbonyl (C=O) groups excluding carboxylic acids is 1. The first kappa shape index (κ1) is 23.2. The van der Waals surface area contributed by atoms with Gasteiger partial charge in [-0.3, -0.25) is 4.79 Å². The fraction of sp³-hybridized carbons (Fsp3) is 0.619. The summed E-state index contributed by atoms with van der Waals surface area (Å²) in [5.41, 5.74) is 1.08. The van der Waals surface area contributed by atoms with Gasteiger partial charge in [0, 0.05) is 26.2 Å². The molecule has 0 spiro atoms. The van der Waals surface area contributed by atoms with Crippen molar-refractivity contribution in [2.24, 2.45) is 4.99 Å². The Bertz CT molecular complexity index is 805. The molecule has 0 unspecified atom stereocenters. The molecule has 1 saturated heterocycles. The Kier molecular flexibility index (Phi) is 8.07. The highest BCUT2D eigenvalue weighted by molar-refractivity contribution is 7.91. The van der Waals surface area contributed by atoms with E-state index in [1.165, 1.54) is 0 Å². The number of hydrogen-bond donors (Lipinski definition) is 2. The number of sulfone groups is 1. The third kappa shape index (κ3) is 7.03. The molecule has 1 fully saturated rings. The van der Waals surface area contributed by atoms with Crippen LogP contribution in [-0.2, 0) is 20.0 Å². The molecule has 162 valence electrons. The summed E-state index contributed by atoms with van der Waals surface area (Å²) in [6.45, 7) is 10.7. The molecule has 7 nitrogen and oxygen atoms in total. The Morgan fingerprint density at radius 3 is 2.28 bits per heavy atom. The van der Waals surface area contributed by atoms with E-state index in [9.17, 15) is 13.2 Å². The smallest absolute Gasteiger partial charge is 0.244 e. The summed E-state index contributed by atoms with van der Waals surface area (Å²) in [7, 11) is -3.40. The molecule has 1 aliphatic heterocycles. The zero-order chi connectivity index (χ0) is 21.5. The minimum absolute atomic E-state index is 0.00580. The summed E-state index contributed by atoms with van der Waals surface area (Å²) in [5, 5.41) is 6.07. The van der Waals surface area contributed by atoms with Crippen LogP contribution in [0.25, 0.3) is 0 Å². The van der Waals surface area contributed by atoms with Gasteiger partial charge in [-0.05, 0) is 42.9 Å². The van der Waals surface area contributed by atoms with Crippen LogP contribution in [0.1, 0.15) is 46.1 Å². The number of benzene rings is 1. The molecule has 8 heteroatoms. The zero-order valence-corrected chi connectivity index (χ0v) is 18.8. The average molecular weight is 423 g/mol. The molecular formula is C21H34N4O3S. The van der Waals surface area contributed by atoms with Gasteiger partial charge in [-0.15, -0.1) is 0 Å². The van der Waals surface area contributed by atoms with Crippen molar-refractivity contribution >= 4 is 21.7 Å². The topological polar surface area (TPSA) is 90.9 Å². The minimum Gasteiger partial charge on any atom is -0.357 e. The highest BCUT2D eigenvalue weighted by atomic mass is 32.2. The normalized spacial score (nSPS) is 15.4. The Hall–Kier alpha value is -2.09. The van der Waals surface area contributed by atoms with Gasteiger partial charge in [-0.1, -0.05) is 32.9 Å². The number of hydrogen-bond acceptors (Lipinski definition) is 4. The predicted molar refractivity (Wildman–Crippen MR) is 117 cm³/mol. The van der Waals surface area contributed by atoms with Crippen LogP contribution in [0.3, 0.4) is 0 Å². The number of amides is 1. The van der Waals surface area contributed by atoms with Gasteiger partial charge < -0.3 is 15.5 Å². The van der Waals surface area contributed by atoms with E-state index in [4.69, 9.17) is 0 Å². The lowest BCUT2D eigenvalue weighted by Gasteiger charge is -2.19. The van der Waals surface area contributed by atoms with Gasteiger partial charge in [-0.2, -0.15) is 0 Å². The summed E-state index contributed by atoms with van der Waals surface area (Å²) in [6.07, 6.45) is 2.09. The lowest BCUT2D eigenvalue weighted by Crippen LogP contribution is -2.40. The molecule has 0 aliphatic carbocycles. The van der Waals surface area contributed by atoms with Crippen molar-refractivity contribution in [1.29, 1.82) is 0 Å². The van der Waals surface area contributed by atoms with Crippen LogP contribution >= 0.6 is 0 Å². The molecule has 1 aromatic rings. The molecule has 2 rings (SSSR count). The largest absolute Gasteiger partial charge is 0.357 e. The fourth-order valence-electron chi connectivity index (χ4n) is 3.14. The monoisotopic (exact) mass is 422 g/mol. The Labute approximate surface area is 174 Å². The second-order valence-electron chi connectivity index (χ2n) is 8.30. The number of nitrogens with one attached hydrogen (secondary N) is 2. The van der Waals surface area contributed by atoms with Crippen LogP contribution in [0.5, 0.6) is 0 Å². The molecule has 0 saturated carbocycles. The molecule has 1 aliphatic rings. The second-order valence-corrected chi connectivity index (χ2v) is 10.4. The van der Waals surface area contributed by atoms with Gasteiger partial charge in [-0.25, -0.2) is 13.4 Å². The summed E-state index contributed by atoms with van der Waals surface area (Å²) in [5.74, 6) is 0.413. The molecule has 1 amide bonds. The molecule has 2 N–H and O–H groups in total. The van der Waals surface area contributed by atoms with Gasteiger partial charge in [0.15, 0.2) is 15.8 Å². The van der Waals surface area contributed by atoms with E-state index in [0.29, 0.717) is 17.4 Å². The van der Waals surface area contributed by atoms with Gasteiger partial charge in [0.05, 0.1) is 10.6 Å². The van der Waals surface area contributed by atoms with Crippen molar-refractivity contribution in [2.45, 2.75) is 50.8 Å². The van der Waals surface area contributed by atoms with E-state index in [1.54, 1.807) is 12.1 Å². The summed E-state index contributed by atoms with van der Waals surface area (Å²) in [4.78, 5) is 18.6. The minimum atomic E-state index is -3.40. The predicted octanol–water partition coefficient (Wildman–Crippen LogP) is 1.94. The maximum absolute atomic E-state index is 12.6. The quantitative estimate of drug-likeness (QED) is 0.518. The molecule has 0 aromatic heterocycles. The van der Waals surface area contributed by atoms with E-state index in [-0.39, 0.29) is 30.2 Å². The van der Waals surface area contributed by atoms with Crippen molar-refractivity contribution in [3.63, 3.8) is 0 Å². The van der Waals surface area contributed by atoms with Crippen LogP contribution in [0, 0.1) is 0 Å². The van der Waals surface area contributed by atoms with E-state index in [2.05, 4.69) is 36.4 Å². The van der Waals surface area contributed by atoms with Crippen LogP contribution < -0.4 is 10.6 Å². The maximum atomic E-state index is 12.6. The van der Waals surface area contributed by atoms with E-state index in [1.807, 2.05) is 24.0 Å². The highest BCUT2D eigenvalue weighted by Gasteiger charge is 2.19. The van der Waals surface area contributed by atoms with Crippen LogP contribution in [0.2, 0.25) is 0 Å². The summed E-state index contributed by atoms with van der Waals surface area (Å²) < 4.78 is 25.2. The number of rotatable bonds is 7. The maximum Gasteiger partial charge on any atom is 0.244 e. The van der Waals surface area contributed by atoms with E-state index in [0.717, 1.165) is 31.5 Å². The Balaban J connectivity index is 1.91. The van der Waals surface area contributed by atoms with Crippen molar-refractivity contribution in [1.82, 2.24) is 15.5 Å². The highest BCUT2D eigenvalue weighted by Crippen LogP contribution is 2.23. The molecular weight excluding hydrogens is 388 g/mol. The van der Waals surface area contributed by atoms with E-state index < -0.39 is 9.84 Å². The third-order valence-corrected chi connectivity index (χ3v) is 6.65. The van der Waals surface area contributed by atoms with Crippen molar-refractivity contribution in [3.8, 4) is 0 Å². The first-order chi connectivity index (χ1) is 13.6. The van der Waals surface area contributed by atoms with Gasteiger partial charge in [0.1, 0.15) is 6.54 Å². The standard InChI is InChI=1S/C21H34N4O3S/c1-5-22-20(24-16-19(26)25-13-6-7-14-25)23-12-15-29(27,28)18-10-8-17(9-11-18)21(2,3)4/h8-11H,5-7,12-16H2,1-4H3,(H2,22,23,24). The van der Waals surface area contributed by atoms with Crippen LogP contribution in [0.4, 0.5) is 0 Å². The first-order valence-corrected chi connectivity index (χ1v) is 11.9. The molecule has 1 aromatic carbocycles. The zero-order valence-electron chi connectivity index (χ0n) is 18.0. The number of aliphatic imine (C=N–C) groups is 1. The number of nitrogens with zero attached hydrogens (tertiary/aromatic N) is 2. The van der Waals surface area contributed by atoms with Gasteiger partial charge in [0.2, 0.25) is 5.91 Å². The summed E-state index contributed by atoms with van der Waals surface area (Å²) in [6, 6.07) is 7.08. The Morgan fingerprint density at radius 2 is 1.72 bits per heavy atom. The molecule has 0 atom stereocenters. The van der Waals surface area contributed by atoms with Gasteiger partial charge >= 0.3 is 0 Å². The Morgan fingerprint density at radius 1 is 1.10 bits per heavy atom. The van der Waals surface area contributed by atoms with Crippen molar-refractivity contribution < 1.29 is 13.2 Å².